The Kier molecular flexibility index (Phi) is 5.16. The Morgan fingerprint density at radius 3 is 2.66 bits per heavy atom. The van der Waals surface area contributed by atoms with E-state index in [-0.39, 0.29) is 16.7 Å². The quantitative estimate of drug-likeness (QED) is 0.607. The van der Waals surface area contributed by atoms with Crippen LogP contribution >= 0.6 is 22.9 Å². The summed E-state index contributed by atoms with van der Waals surface area (Å²) in [5, 5.41) is 2.12. The van der Waals surface area contributed by atoms with Crippen LogP contribution < -0.4 is 14.3 Å². The average molecular weight is 452 g/mol. The van der Waals surface area contributed by atoms with Crippen molar-refractivity contribution in [3.8, 4) is 22.8 Å². The molecule has 2 heterocycles. The van der Waals surface area contributed by atoms with Crippen LogP contribution in [-0.4, -0.2) is 38.2 Å². The summed E-state index contributed by atoms with van der Waals surface area (Å²) < 4.78 is 38.9. The summed E-state index contributed by atoms with van der Waals surface area (Å²) in [5.74, 6) is 1.37. The molecule has 1 aliphatic rings. The van der Waals surface area contributed by atoms with E-state index < -0.39 is 10.0 Å². The SMILES string of the molecule is CN(C)S(=O)(=O)c1cc(-c2cs/c(=N\c3ccc4c(c3)OCO4)n2C)ccc1Cl. The third kappa shape index (κ3) is 3.66. The molecule has 0 N–H and O–H groups in total. The number of halogens is 1. The Morgan fingerprint density at radius 2 is 1.90 bits per heavy atom. The number of nitrogens with zero attached hydrogens (tertiary/aromatic N) is 3. The Labute approximate surface area is 177 Å². The van der Waals surface area contributed by atoms with Crippen LogP contribution in [0.1, 0.15) is 0 Å². The molecule has 10 heteroatoms. The van der Waals surface area contributed by atoms with E-state index in [1.807, 2.05) is 35.2 Å². The second kappa shape index (κ2) is 7.49. The van der Waals surface area contributed by atoms with Crippen LogP contribution in [0.4, 0.5) is 5.69 Å². The molecule has 29 heavy (non-hydrogen) atoms. The summed E-state index contributed by atoms with van der Waals surface area (Å²) in [7, 11) is 1.18. The second-order valence-electron chi connectivity index (χ2n) is 6.54. The lowest BCUT2D eigenvalue weighted by atomic mass is 10.2. The van der Waals surface area contributed by atoms with Gasteiger partial charge >= 0.3 is 0 Å². The average Bonchev–Trinajstić information content (AvgIpc) is 3.29. The van der Waals surface area contributed by atoms with E-state index >= 15 is 0 Å². The van der Waals surface area contributed by atoms with E-state index in [4.69, 9.17) is 21.1 Å². The molecule has 0 spiro atoms. The standard InChI is InChI=1S/C19H18ClN3O4S2/c1-22(2)29(24,25)18-8-12(4-6-14(18)20)15-10-28-19(23(15)3)21-13-5-7-16-17(9-13)27-11-26-16/h4-10H,11H2,1-3H3/b21-19-. The number of hydrogen-bond acceptors (Lipinski definition) is 6. The minimum atomic E-state index is -3.65. The number of thiazole rings is 1. The summed E-state index contributed by atoms with van der Waals surface area (Å²) in [5.41, 5.74) is 2.31. The topological polar surface area (TPSA) is 73.1 Å². The molecule has 152 valence electrons. The molecular formula is C19H18ClN3O4S2. The molecular weight excluding hydrogens is 434 g/mol. The molecule has 0 saturated heterocycles. The third-order valence-electron chi connectivity index (χ3n) is 4.49. The zero-order chi connectivity index (χ0) is 20.8. The molecule has 0 fully saturated rings. The normalized spacial score (nSPS) is 14.0. The van der Waals surface area contributed by atoms with E-state index in [0.29, 0.717) is 11.5 Å². The summed E-state index contributed by atoms with van der Waals surface area (Å²) in [6.07, 6.45) is 0. The first-order valence-corrected chi connectivity index (χ1v) is 11.3. The fraction of sp³-hybridized carbons (Fsp3) is 0.211. The van der Waals surface area contributed by atoms with Crippen molar-refractivity contribution in [2.24, 2.45) is 12.0 Å². The van der Waals surface area contributed by atoms with Gasteiger partial charge in [0.1, 0.15) is 4.90 Å². The number of benzene rings is 2. The van der Waals surface area contributed by atoms with E-state index in [0.717, 1.165) is 26.1 Å². The first-order valence-electron chi connectivity index (χ1n) is 8.59. The zero-order valence-corrected chi connectivity index (χ0v) is 18.3. The number of rotatable bonds is 4. The fourth-order valence-corrected chi connectivity index (χ4v) is 5.17. The van der Waals surface area contributed by atoms with Gasteiger partial charge in [0, 0.05) is 38.2 Å². The van der Waals surface area contributed by atoms with Gasteiger partial charge < -0.3 is 14.0 Å². The van der Waals surface area contributed by atoms with Gasteiger partial charge in [0.2, 0.25) is 16.8 Å². The van der Waals surface area contributed by atoms with Crippen LogP contribution in [0.5, 0.6) is 11.5 Å². The molecule has 7 nitrogen and oxygen atoms in total. The van der Waals surface area contributed by atoms with Crippen molar-refractivity contribution in [1.82, 2.24) is 8.87 Å². The van der Waals surface area contributed by atoms with Gasteiger partial charge in [-0.25, -0.2) is 17.7 Å². The highest BCUT2D eigenvalue weighted by atomic mass is 35.5. The van der Waals surface area contributed by atoms with E-state index in [1.165, 1.54) is 25.4 Å². The van der Waals surface area contributed by atoms with Gasteiger partial charge in [-0.1, -0.05) is 17.7 Å². The third-order valence-corrected chi connectivity index (χ3v) is 7.70. The smallest absolute Gasteiger partial charge is 0.244 e. The summed E-state index contributed by atoms with van der Waals surface area (Å²) in [4.78, 5) is 5.50. The molecule has 0 atom stereocenters. The monoisotopic (exact) mass is 451 g/mol. The van der Waals surface area contributed by atoms with Crippen molar-refractivity contribution >= 4 is 38.6 Å². The van der Waals surface area contributed by atoms with Gasteiger partial charge in [-0.3, -0.25) is 0 Å². The van der Waals surface area contributed by atoms with Crippen molar-refractivity contribution in [3.05, 3.63) is 51.6 Å². The maximum Gasteiger partial charge on any atom is 0.244 e. The number of ether oxygens (including phenoxy) is 2. The number of fused-ring (bicyclic) bond motifs is 1. The molecule has 0 aliphatic carbocycles. The van der Waals surface area contributed by atoms with Gasteiger partial charge in [-0.2, -0.15) is 0 Å². The molecule has 0 unspecified atom stereocenters. The highest BCUT2D eigenvalue weighted by Gasteiger charge is 2.22. The van der Waals surface area contributed by atoms with Crippen LogP contribution in [0.25, 0.3) is 11.3 Å². The predicted molar refractivity (Wildman–Crippen MR) is 112 cm³/mol. The molecule has 2 aromatic carbocycles. The molecule has 1 aromatic heterocycles. The van der Waals surface area contributed by atoms with Crippen LogP contribution in [-0.2, 0) is 17.1 Å². The molecule has 0 radical (unpaired) electrons. The Bertz CT molecular complexity index is 1260. The molecule has 1 aliphatic heterocycles. The van der Waals surface area contributed by atoms with Gasteiger partial charge in [0.25, 0.3) is 0 Å². The summed E-state index contributed by atoms with van der Waals surface area (Å²) in [6, 6.07) is 10.5. The number of aromatic nitrogens is 1. The van der Waals surface area contributed by atoms with Gasteiger partial charge in [-0.15, -0.1) is 11.3 Å². The van der Waals surface area contributed by atoms with E-state index in [1.54, 1.807) is 18.2 Å². The first kappa shape index (κ1) is 20.0. The molecule has 0 bridgehead atoms. The van der Waals surface area contributed by atoms with Gasteiger partial charge in [0.15, 0.2) is 16.3 Å². The fourth-order valence-electron chi connectivity index (χ4n) is 2.85. The van der Waals surface area contributed by atoms with Crippen molar-refractivity contribution in [2.75, 3.05) is 20.9 Å². The maximum atomic E-state index is 12.6. The van der Waals surface area contributed by atoms with Crippen LogP contribution in [0.15, 0.2) is 51.7 Å². The lowest BCUT2D eigenvalue weighted by Crippen LogP contribution is -2.22. The zero-order valence-electron chi connectivity index (χ0n) is 15.9. The molecule has 4 rings (SSSR count). The summed E-state index contributed by atoms with van der Waals surface area (Å²) >= 11 is 7.61. The van der Waals surface area contributed by atoms with Crippen molar-refractivity contribution in [1.29, 1.82) is 0 Å². The molecule has 0 amide bonds. The Morgan fingerprint density at radius 1 is 1.14 bits per heavy atom. The van der Waals surface area contributed by atoms with Crippen LogP contribution in [0.2, 0.25) is 5.02 Å². The van der Waals surface area contributed by atoms with Crippen molar-refractivity contribution in [2.45, 2.75) is 4.90 Å². The van der Waals surface area contributed by atoms with Gasteiger partial charge in [-0.05, 0) is 24.3 Å². The Hall–Kier alpha value is -2.33. The maximum absolute atomic E-state index is 12.6. The lowest BCUT2D eigenvalue weighted by Gasteiger charge is -2.14. The van der Waals surface area contributed by atoms with Gasteiger partial charge in [0.05, 0.1) is 16.4 Å². The minimum Gasteiger partial charge on any atom is -0.454 e. The van der Waals surface area contributed by atoms with Crippen LogP contribution in [0, 0.1) is 0 Å². The first-order chi connectivity index (χ1) is 13.8. The predicted octanol–water partition coefficient (Wildman–Crippen LogP) is 3.62. The Balaban J connectivity index is 1.76. The number of hydrogen-bond donors (Lipinski definition) is 0. The minimum absolute atomic E-state index is 0.0714. The largest absolute Gasteiger partial charge is 0.454 e. The molecule has 0 saturated carbocycles. The summed E-state index contributed by atoms with van der Waals surface area (Å²) in [6.45, 7) is 0.213. The number of sulfonamides is 1. The van der Waals surface area contributed by atoms with E-state index in [2.05, 4.69) is 4.99 Å². The second-order valence-corrected chi connectivity index (χ2v) is 9.91. The highest BCUT2D eigenvalue weighted by Crippen LogP contribution is 2.35. The van der Waals surface area contributed by atoms with Crippen LogP contribution in [0.3, 0.4) is 0 Å². The van der Waals surface area contributed by atoms with E-state index in [9.17, 15) is 8.42 Å². The molecule has 3 aromatic rings. The lowest BCUT2D eigenvalue weighted by molar-refractivity contribution is 0.174. The highest BCUT2D eigenvalue weighted by molar-refractivity contribution is 7.89. The van der Waals surface area contributed by atoms with Crippen molar-refractivity contribution in [3.63, 3.8) is 0 Å². The van der Waals surface area contributed by atoms with Crippen molar-refractivity contribution < 1.29 is 17.9 Å².